The number of carbonyl (C=O) groups excluding carboxylic acids is 1. The molecule has 0 saturated carbocycles. The Morgan fingerprint density at radius 1 is 1.35 bits per heavy atom. The van der Waals surface area contributed by atoms with E-state index in [9.17, 15) is 10.1 Å². The summed E-state index contributed by atoms with van der Waals surface area (Å²) in [7, 11) is 0. The van der Waals surface area contributed by atoms with E-state index >= 15 is 0 Å². The van der Waals surface area contributed by atoms with Crippen molar-refractivity contribution in [2.45, 2.75) is 32.5 Å². The van der Waals surface area contributed by atoms with Crippen LogP contribution in [0.3, 0.4) is 0 Å². The Balaban J connectivity index is 2.47. The molecule has 20 heavy (non-hydrogen) atoms. The molecule has 1 unspecified atom stereocenters. The number of carbonyl (C=O) groups is 1. The van der Waals surface area contributed by atoms with Gasteiger partial charge in [-0.3, -0.25) is 0 Å². The fraction of sp³-hybridized carbons (Fsp3) is 0.375. The first-order chi connectivity index (χ1) is 9.48. The molecule has 0 aromatic heterocycles. The molecule has 2 rings (SSSR count). The van der Waals surface area contributed by atoms with Gasteiger partial charge in [-0.2, -0.15) is 5.26 Å². The van der Waals surface area contributed by atoms with Gasteiger partial charge in [0.25, 0.3) is 0 Å². The fourth-order valence-electron chi connectivity index (χ4n) is 2.26. The molecule has 0 amide bonds. The summed E-state index contributed by atoms with van der Waals surface area (Å²) in [5.74, 6) is -0.582. The van der Waals surface area contributed by atoms with Crippen LogP contribution in [0.2, 0.25) is 0 Å². The fourth-order valence-corrected chi connectivity index (χ4v) is 2.26. The van der Waals surface area contributed by atoms with E-state index in [-0.39, 0.29) is 18.3 Å². The van der Waals surface area contributed by atoms with Crippen LogP contribution in [0.1, 0.15) is 26.3 Å². The highest BCUT2D eigenvalue weighted by Crippen LogP contribution is 2.39. The zero-order chi connectivity index (χ0) is 14.8. The first-order valence-corrected chi connectivity index (χ1v) is 6.53. The monoisotopic (exact) mass is 271 g/mol. The van der Waals surface area contributed by atoms with Gasteiger partial charge < -0.3 is 9.47 Å². The lowest BCUT2D eigenvalue weighted by Crippen LogP contribution is -2.34. The van der Waals surface area contributed by atoms with Crippen LogP contribution in [0.25, 0.3) is 5.57 Å². The van der Waals surface area contributed by atoms with Crippen LogP contribution < -0.4 is 0 Å². The summed E-state index contributed by atoms with van der Waals surface area (Å²) in [6.45, 7) is 5.83. The molecule has 0 saturated heterocycles. The van der Waals surface area contributed by atoms with Gasteiger partial charge in [-0.1, -0.05) is 30.3 Å². The van der Waals surface area contributed by atoms with E-state index in [1.165, 1.54) is 0 Å². The van der Waals surface area contributed by atoms with E-state index in [1.54, 1.807) is 6.92 Å². The Hall–Kier alpha value is -2.12. The van der Waals surface area contributed by atoms with Gasteiger partial charge in [-0.15, -0.1) is 0 Å². The Bertz CT molecular complexity index is 583. The molecule has 4 heteroatoms. The predicted molar refractivity (Wildman–Crippen MR) is 74.6 cm³/mol. The quantitative estimate of drug-likeness (QED) is 0.790. The van der Waals surface area contributed by atoms with Crippen LogP contribution in [-0.4, -0.2) is 24.3 Å². The average Bonchev–Trinajstić information content (AvgIpc) is 2.68. The third-order valence-corrected chi connectivity index (χ3v) is 3.17. The molecule has 0 N–H and O–H groups in total. The van der Waals surface area contributed by atoms with Gasteiger partial charge in [-0.25, -0.2) is 4.79 Å². The van der Waals surface area contributed by atoms with Crippen LogP contribution in [0, 0.1) is 11.3 Å². The number of hydrogen-bond donors (Lipinski definition) is 0. The van der Waals surface area contributed by atoms with E-state index in [0.717, 1.165) is 5.56 Å². The smallest absolute Gasteiger partial charge is 0.350 e. The highest BCUT2D eigenvalue weighted by molar-refractivity contribution is 6.07. The number of rotatable bonds is 4. The number of ether oxygens (including phenoxy) is 2. The topological polar surface area (TPSA) is 59.3 Å². The van der Waals surface area contributed by atoms with Crippen LogP contribution in [0.4, 0.5) is 0 Å². The Kier molecular flexibility index (Phi) is 3.91. The third kappa shape index (κ3) is 2.59. The van der Waals surface area contributed by atoms with E-state index in [2.05, 4.69) is 0 Å². The summed E-state index contributed by atoms with van der Waals surface area (Å²) >= 11 is 0. The second kappa shape index (κ2) is 5.48. The molecule has 0 bridgehead atoms. The zero-order valence-corrected chi connectivity index (χ0v) is 11.8. The van der Waals surface area contributed by atoms with Crippen molar-refractivity contribution >= 4 is 11.5 Å². The van der Waals surface area contributed by atoms with Gasteiger partial charge in [0.05, 0.1) is 12.7 Å². The second-order valence-corrected chi connectivity index (χ2v) is 5.21. The molecule has 1 aliphatic heterocycles. The minimum absolute atomic E-state index is 0.0219. The number of esters is 1. The molecular formula is C16H17NO3. The first-order valence-electron chi connectivity index (χ1n) is 6.53. The number of nitriles is 1. The molecule has 104 valence electrons. The van der Waals surface area contributed by atoms with Crippen molar-refractivity contribution in [3.8, 4) is 6.07 Å². The SMILES string of the molecule is CC(C)OCC1(C)OC(=O)C(C#N)=C1c1ccccc1. The summed E-state index contributed by atoms with van der Waals surface area (Å²) in [4.78, 5) is 11.9. The van der Waals surface area contributed by atoms with Crippen molar-refractivity contribution in [3.05, 3.63) is 41.5 Å². The van der Waals surface area contributed by atoms with Gasteiger partial charge in [0.1, 0.15) is 11.6 Å². The number of cyclic esters (lactones) is 1. The highest BCUT2D eigenvalue weighted by atomic mass is 16.6. The molecule has 0 aliphatic carbocycles. The molecule has 1 heterocycles. The van der Waals surface area contributed by atoms with Crippen molar-refractivity contribution in [1.29, 1.82) is 5.26 Å². The molecule has 0 radical (unpaired) electrons. The Labute approximate surface area is 118 Å². The van der Waals surface area contributed by atoms with E-state index < -0.39 is 11.6 Å². The highest BCUT2D eigenvalue weighted by Gasteiger charge is 2.45. The number of benzene rings is 1. The third-order valence-electron chi connectivity index (χ3n) is 3.17. The zero-order valence-electron chi connectivity index (χ0n) is 11.8. The maximum Gasteiger partial charge on any atom is 0.350 e. The predicted octanol–water partition coefficient (Wildman–Crippen LogP) is 2.70. The largest absolute Gasteiger partial charge is 0.448 e. The molecule has 1 aliphatic rings. The molecule has 1 atom stereocenters. The normalized spacial score (nSPS) is 22.1. The lowest BCUT2D eigenvalue weighted by Gasteiger charge is -2.27. The van der Waals surface area contributed by atoms with E-state index in [1.807, 2.05) is 50.2 Å². The lowest BCUT2D eigenvalue weighted by atomic mass is 9.88. The Morgan fingerprint density at radius 2 is 2.00 bits per heavy atom. The minimum Gasteiger partial charge on any atom is -0.448 e. The standard InChI is InChI=1S/C16H17NO3/c1-11(2)19-10-16(3)14(12-7-5-4-6-8-12)13(9-17)15(18)20-16/h4-8,11H,10H2,1-3H3. The lowest BCUT2D eigenvalue weighted by molar-refractivity contribution is -0.149. The van der Waals surface area contributed by atoms with Gasteiger partial charge in [-0.05, 0) is 26.3 Å². The van der Waals surface area contributed by atoms with Crippen LogP contribution in [0.5, 0.6) is 0 Å². The molecule has 0 spiro atoms. The summed E-state index contributed by atoms with van der Waals surface area (Å²) < 4.78 is 11.0. The summed E-state index contributed by atoms with van der Waals surface area (Å²) in [5.41, 5.74) is 0.551. The number of nitrogens with zero attached hydrogens (tertiary/aromatic N) is 1. The van der Waals surface area contributed by atoms with Gasteiger partial charge in [0.2, 0.25) is 0 Å². The van der Waals surface area contributed by atoms with Crippen LogP contribution in [0.15, 0.2) is 35.9 Å². The van der Waals surface area contributed by atoms with Gasteiger partial charge in [0.15, 0.2) is 5.60 Å². The number of hydrogen-bond acceptors (Lipinski definition) is 4. The molecule has 0 fully saturated rings. The summed E-state index contributed by atoms with van der Waals surface area (Å²) in [6.07, 6.45) is 0.0219. The maximum atomic E-state index is 11.9. The summed E-state index contributed by atoms with van der Waals surface area (Å²) in [5, 5.41) is 9.23. The molecule has 1 aromatic rings. The Morgan fingerprint density at radius 3 is 2.55 bits per heavy atom. The van der Waals surface area contributed by atoms with Crippen LogP contribution >= 0.6 is 0 Å². The molecule has 1 aromatic carbocycles. The van der Waals surface area contributed by atoms with Crippen molar-refractivity contribution in [1.82, 2.24) is 0 Å². The van der Waals surface area contributed by atoms with Crippen molar-refractivity contribution in [2.24, 2.45) is 0 Å². The molecular weight excluding hydrogens is 254 g/mol. The molecule has 4 nitrogen and oxygen atoms in total. The van der Waals surface area contributed by atoms with E-state index in [4.69, 9.17) is 9.47 Å². The van der Waals surface area contributed by atoms with E-state index in [0.29, 0.717) is 5.57 Å². The second-order valence-electron chi connectivity index (χ2n) is 5.21. The van der Waals surface area contributed by atoms with Gasteiger partial charge in [0, 0.05) is 5.57 Å². The summed E-state index contributed by atoms with van der Waals surface area (Å²) in [6, 6.07) is 11.3. The van der Waals surface area contributed by atoms with Crippen molar-refractivity contribution in [2.75, 3.05) is 6.61 Å². The average molecular weight is 271 g/mol. The maximum absolute atomic E-state index is 11.9. The van der Waals surface area contributed by atoms with Crippen molar-refractivity contribution < 1.29 is 14.3 Å². The first kappa shape index (κ1) is 14.3. The minimum atomic E-state index is -0.923. The van der Waals surface area contributed by atoms with Crippen LogP contribution in [-0.2, 0) is 14.3 Å². The van der Waals surface area contributed by atoms with Gasteiger partial charge >= 0.3 is 5.97 Å². The van der Waals surface area contributed by atoms with Crippen molar-refractivity contribution in [3.63, 3.8) is 0 Å².